The third-order valence-corrected chi connectivity index (χ3v) is 6.85. The predicted octanol–water partition coefficient (Wildman–Crippen LogP) is 2.76. The van der Waals surface area contributed by atoms with Crippen LogP contribution in [0.4, 0.5) is 0 Å². The minimum Gasteiger partial charge on any atom is -0.493 e. The maximum absolute atomic E-state index is 13.3. The molecule has 0 aliphatic carbocycles. The first-order valence-corrected chi connectivity index (χ1v) is 12.8. The average molecular weight is 517 g/mol. The van der Waals surface area contributed by atoms with Crippen LogP contribution in [0.3, 0.4) is 0 Å². The van der Waals surface area contributed by atoms with Gasteiger partial charge in [0.05, 0.1) is 26.2 Å². The number of hydrogen-bond acceptors (Lipinski definition) is 8. The van der Waals surface area contributed by atoms with Gasteiger partial charge < -0.3 is 19.3 Å². The van der Waals surface area contributed by atoms with Gasteiger partial charge in [0.2, 0.25) is 12.5 Å². The summed E-state index contributed by atoms with van der Waals surface area (Å²) in [6.07, 6.45) is 5.62. The fourth-order valence-corrected chi connectivity index (χ4v) is 5.17. The van der Waals surface area contributed by atoms with E-state index in [4.69, 9.17) is 19.0 Å². The van der Waals surface area contributed by atoms with Crippen molar-refractivity contribution >= 4 is 11.9 Å². The number of amides is 1. The molecule has 2 aromatic rings. The number of hydrogen-bond donors (Lipinski definition) is 1. The van der Waals surface area contributed by atoms with Gasteiger partial charge in [-0.3, -0.25) is 24.0 Å². The number of carbonyl (C=O) groups excluding carboxylic acids is 1. The molecule has 11 nitrogen and oxygen atoms in total. The van der Waals surface area contributed by atoms with Gasteiger partial charge >= 0.3 is 5.97 Å². The molecule has 11 heteroatoms. The number of ether oxygens (including phenoxy) is 3. The molecule has 37 heavy (non-hydrogen) atoms. The highest BCUT2D eigenvalue weighted by Crippen LogP contribution is 2.47. The molecule has 1 amide bonds. The Hall–Kier alpha value is -3.31. The van der Waals surface area contributed by atoms with Crippen molar-refractivity contribution in [1.29, 1.82) is 0 Å². The highest BCUT2D eigenvalue weighted by molar-refractivity contribution is 5.78. The summed E-state index contributed by atoms with van der Waals surface area (Å²) in [6.45, 7) is 5.98. The van der Waals surface area contributed by atoms with Crippen molar-refractivity contribution in [2.45, 2.75) is 51.6 Å². The maximum atomic E-state index is 13.3. The molecule has 2 aliphatic rings. The fourth-order valence-electron chi connectivity index (χ4n) is 5.17. The lowest BCUT2D eigenvalue weighted by atomic mass is 9.84. The molecule has 0 radical (unpaired) electrons. The van der Waals surface area contributed by atoms with E-state index in [1.807, 2.05) is 43.1 Å². The zero-order valence-corrected chi connectivity index (χ0v) is 21.7. The smallest absolute Gasteiger partial charge is 0.308 e. The van der Waals surface area contributed by atoms with Gasteiger partial charge in [-0.25, -0.2) is 5.06 Å². The second-order valence-corrected chi connectivity index (χ2v) is 9.31. The van der Waals surface area contributed by atoms with Crippen molar-refractivity contribution < 1.29 is 33.7 Å². The Bertz CT molecular complexity index is 1060. The molecule has 1 aromatic heterocycles. The van der Waals surface area contributed by atoms with Gasteiger partial charge in [-0.15, -0.1) is 0 Å². The number of aliphatic carboxylic acids is 1. The molecular formula is C26H36N4O7. The van der Waals surface area contributed by atoms with Gasteiger partial charge in [0.25, 0.3) is 5.91 Å². The molecule has 0 spiro atoms. The zero-order valence-electron chi connectivity index (χ0n) is 21.7. The molecule has 3 atom stereocenters. The predicted molar refractivity (Wildman–Crippen MR) is 133 cm³/mol. The van der Waals surface area contributed by atoms with E-state index in [2.05, 4.69) is 5.10 Å². The summed E-state index contributed by atoms with van der Waals surface area (Å²) in [5.74, 6) is -0.664. The van der Waals surface area contributed by atoms with Crippen molar-refractivity contribution in [3.05, 3.63) is 36.2 Å². The van der Waals surface area contributed by atoms with Crippen LogP contribution in [0, 0.1) is 5.92 Å². The zero-order chi connectivity index (χ0) is 26.4. The standard InChI is InChI=1S/C26H36N4O7/c1-4-9-30(37-12-5-2)23(31)16-28-15-19(18-13-21(34-3)25-22(14-18)35-17-36-25)24(26(32)33)20(28)7-11-29-10-6-8-27-29/h6,8,10,13-14,19-20,24H,4-5,7,9,11-12,15-17H2,1-3H3,(H,32,33)/t19-,20+,24?/m1/s1. The van der Waals surface area contributed by atoms with Crippen LogP contribution in [-0.2, 0) is 21.0 Å². The molecule has 1 saturated heterocycles. The van der Waals surface area contributed by atoms with Crippen molar-refractivity contribution in [2.24, 2.45) is 5.92 Å². The Balaban J connectivity index is 1.63. The van der Waals surface area contributed by atoms with Gasteiger partial charge in [0.15, 0.2) is 11.5 Å². The number of likely N-dealkylation sites (tertiary alicyclic amines) is 1. The van der Waals surface area contributed by atoms with E-state index in [9.17, 15) is 14.7 Å². The minimum absolute atomic E-state index is 0.0649. The molecule has 3 heterocycles. The number of hydroxylamine groups is 2. The number of benzene rings is 1. The second kappa shape index (κ2) is 12.3. The number of carboxylic acids is 1. The monoisotopic (exact) mass is 516 g/mol. The van der Waals surface area contributed by atoms with Gasteiger partial charge in [-0.05, 0) is 43.0 Å². The van der Waals surface area contributed by atoms with Crippen LogP contribution in [0.25, 0.3) is 0 Å². The first-order chi connectivity index (χ1) is 18.0. The first kappa shape index (κ1) is 26.7. The Morgan fingerprint density at radius 1 is 1.24 bits per heavy atom. The molecule has 4 rings (SSSR count). The molecule has 0 saturated carbocycles. The third kappa shape index (κ3) is 5.99. The second-order valence-electron chi connectivity index (χ2n) is 9.31. The van der Waals surface area contributed by atoms with E-state index in [-0.39, 0.29) is 31.2 Å². The van der Waals surface area contributed by atoms with Crippen molar-refractivity contribution in [2.75, 3.05) is 40.1 Å². The Kier molecular flexibility index (Phi) is 8.88. The van der Waals surface area contributed by atoms with Crippen LogP contribution in [0.1, 0.15) is 44.6 Å². The largest absolute Gasteiger partial charge is 0.493 e. The summed E-state index contributed by atoms with van der Waals surface area (Å²) < 4.78 is 18.4. The normalized spacial score (nSPS) is 20.8. The van der Waals surface area contributed by atoms with Gasteiger partial charge in [0, 0.05) is 44.0 Å². The number of rotatable bonds is 13. The van der Waals surface area contributed by atoms with Crippen molar-refractivity contribution in [1.82, 2.24) is 19.7 Å². The summed E-state index contributed by atoms with van der Waals surface area (Å²) in [5.41, 5.74) is 0.778. The van der Waals surface area contributed by atoms with E-state index in [0.717, 1.165) is 18.4 Å². The van der Waals surface area contributed by atoms with Crippen LogP contribution in [0.15, 0.2) is 30.6 Å². The molecular weight excluding hydrogens is 480 g/mol. The van der Waals surface area contributed by atoms with Crippen LogP contribution in [0.5, 0.6) is 17.2 Å². The number of carbonyl (C=O) groups is 2. The van der Waals surface area contributed by atoms with E-state index in [1.165, 1.54) is 5.06 Å². The van der Waals surface area contributed by atoms with Gasteiger partial charge in [-0.1, -0.05) is 13.8 Å². The lowest BCUT2D eigenvalue weighted by molar-refractivity contribution is -0.188. The lowest BCUT2D eigenvalue weighted by Crippen LogP contribution is -2.44. The minimum atomic E-state index is -0.908. The van der Waals surface area contributed by atoms with Gasteiger partial charge in [-0.2, -0.15) is 5.10 Å². The van der Waals surface area contributed by atoms with E-state index >= 15 is 0 Å². The van der Waals surface area contributed by atoms with Crippen molar-refractivity contribution in [3.8, 4) is 17.2 Å². The molecule has 1 fully saturated rings. The number of aromatic nitrogens is 2. The van der Waals surface area contributed by atoms with E-state index < -0.39 is 11.9 Å². The van der Waals surface area contributed by atoms with Crippen LogP contribution < -0.4 is 14.2 Å². The molecule has 2 aliphatic heterocycles. The number of methoxy groups -OCH3 is 1. The quantitative estimate of drug-likeness (QED) is 0.401. The lowest BCUT2D eigenvalue weighted by Gasteiger charge is -2.29. The van der Waals surface area contributed by atoms with Crippen LogP contribution in [-0.4, -0.2) is 82.9 Å². The number of nitrogens with zero attached hydrogens (tertiary/aromatic N) is 4. The van der Waals surface area contributed by atoms with Crippen LogP contribution >= 0.6 is 0 Å². The molecule has 202 valence electrons. The Morgan fingerprint density at radius 3 is 2.76 bits per heavy atom. The maximum Gasteiger partial charge on any atom is 0.308 e. The summed E-state index contributed by atoms with van der Waals surface area (Å²) in [4.78, 5) is 33.7. The molecule has 0 bridgehead atoms. The van der Waals surface area contributed by atoms with Gasteiger partial charge in [0.1, 0.15) is 0 Å². The summed E-state index contributed by atoms with van der Waals surface area (Å²) in [7, 11) is 1.54. The first-order valence-electron chi connectivity index (χ1n) is 12.8. The number of fused-ring (bicyclic) bond motifs is 1. The topological polar surface area (TPSA) is 116 Å². The van der Waals surface area contributed by atoms with Crippen molar-refractivity contribution in [3.63, 3.8) is 0 Å². The average Bonchev–Trinajstić information content (AvgIpc) is 3.64. The third-order valence-electron chi connectivity index (χ3n) is 6.85. The Morgan fingerprint density at radius 2 is 2.08 bits per heavy atom. The van der Waals surface area contributed by atoms with E-state index in [0.29, 0.717) is 49.9 Å². The highest BCUT2D eigenvalue weighted by Gasteiger charge is 2.47. The van der Waals surface area contributed by atoms with E-state index in [1.54, 1.807) is 18.0 Å². The SMILES string of the molecule is CCCON(CCC)C(=O)CN1C[C@H](c2cc(OC)c3c(c2)OCO3)C(C(=O)O)[C@@H]1CCn1cccn1. The Labute approximate surface area is 216 Å². The molecule has 1 aromatic carbocycles. The summed E-state index contributed by atoms with van der Waals surface area (Å²) in [6, 6.07) is 5.09. The molecule has 1 unspecified atom stereocenters. The summed E-state index contributed by atoms with van der Waals surface area (Å²) in [5, 5.41) is 16.1. The van der Waals surface area contributed by atoms with Crippen LogP contribution in [0.2, 0.25) is 0 Å². The fraction of sp³-hybridized carbons (Fsp3) is 0.577. The summed E-state index contributed by atoms with van der Waals surface area (Å²) >= 11 is 0. The molecule has 1 N–H and O–H groups in total. The number of carboxylic acid groups (broad SMARTS) is 1. The number of aryl methyl sites for hydroxylation is 1. The highest BCUT2D eigenvalue weighted by atomic mass is 16.7.